The van der Waals surface area contributed by atoms with E-state index >= 15 is 0 Å². The fraction of sp³-hybridized carbons (Fsp3) is 0. The average Bonchev–Trinajstić information content (AvgIpc) is 1.85. The van der Waals surface area contributed by atoms with Gasteiger partial charge in [0, 0.05) is 5.69 Å². The summed E-state index contributed by atoms with van der Waals surface area (Å²) in [5.74, 6) is 0. The van der Waals surface area contributed by atoms with Crippen molar-refractivity contribution in [1.29, 1.82) is 5.16 Å². The van der Waals surface area contributed by atoms with Crippen LogP contribution >= 0.6 is 30.1 Å². The van der Waals surface area contributed by atoms with E-state index in [0.717, 1.165) is 5.69 Å². The average molecular weight is 204 g/mol. The second-order valence-corrected chi connectivity index (χ2v) is 8.05. The lowest BCUT2D eigenvalue weighted by Crippen LogP contribution is -1.84. The highest BCUT2D eigenvalue weighted by atomic mass is 33.1. The Balaban J connectivity index is 2.74. The van der Waals surface area contributed by atoms with Crippen molar-refractivity contribution in [3.8, 4) is 0 Å². The number of benzene rings is 1. The van der Waals surface area contributed by atoms with E-state index in [1.165, 1.54) is 0 Å². The highest BCUT2D eigenvalue weighted by Crippen LogP contribution is 2.55. The zero-order valence-electron chi connectivity index (χ0n) is 5.73. The first kappa shape index (κ1) is 9.04. The lowest BCUT2D eigenvalue weighted by atomic mass is 10.3. The van der Waals surface area contributed by atoms with E-state index in [4.69, 9.17) is 5.16 Å². The first-order valence-corrected chi connectivity index (χ1v) is 7.10. The Morgan fingerprint density at radius 1 is 1.18 bits per heavy atom. The van der Waals surface area contributed by atoms with Crippen LogP contribution in [0.25, 0.3) is 0 Å². The molecule has 0 saturated heterocycles. The van der Waals surface area contributed by atoms with Crippen molar-refractivity contribution in [2.75, 3.05) is 5.09 Å². The molecule has 0 saturated carbocycles. The predicted molar refractivity (Wildman–Crippen MR) is 57.7 cm³/mol. The molecule has 0 fully saturated rings. The molecule has 0 spiro atoms. The summed E-state index contributed by atoms with van der Waals surface area (Å²) in [6.45, 7) is 0. The Bertz CT molecular complexity index is 269. The third kappa shape index (κ3) is 3.75. The largest absolute Gasteiger partial charge is 0.337 e. The van der Waals surface area contributed by atoms with Gasteiger partial charge in [-0.25, -0.2) is 0 Å². The van der Waals surface area contributed by atoms with Crippen molar-refractivity contribution in [1.82, 2.24) is 0 Å². The summed E-state index contributed by atoms with van der Waals surface area (Å²) in [4.78, 5) is 0. The second kappa shape index (κ2) is 3.57. The fourth-order valence-electron chi connectivity index (χ4n) is 0.693. The van der Waals surface area contributed by atoms with Crippen molar-refractivity contribution in [3.05, 3.63) is 30.3 Å². The van der Waals surface area contributed by atoms with E-state index in [0.29, 0.717) is 0 Å². The lowest BCUT2D eigenvalue weighted by molar-refractivity contribution is 1.60. The predicted octanol–water partition coefficient (Wildman–Crippen LogP) is 3.48. The Labute approximate surface area is 76.6 Å². The number of hydrogen-bond acceptors (Lipinski definition) is 1. The summed E-state index contributed by atoms with van der Waals surface area (Å²) in [5, 5.41) is 10.3. The number of para-hydroxylation sites is 1. The maximum atomic E-state index is 7.40. The van der Waals surface area contributed by atoms with Crippen molar-refractivity contribution < 1.29 is 0 Å². The third-order valence-corrected chi connectivity index (χ3v) is 2.23. The van der Waals surface area contributed by atoms with Crippen LogP contribution in [0.15, 0.2) is 30.3 Å². The van der Waals surface area contributed by atoms with Gasteiger partial charge in [-0.15, -0.1) is 24.5 Å². The molecule has 0 aliphatic heterocycles. The minimum atomic E-state index is -2.25. The monoisotopic (exact) mass is 204 g/mol. The molecule has 0 aromatic heterocycles. The molecule has 0 aliphatic rings. The minimum absolute atomic E-state index is 0.890. The van der Waals surface area contributed by atoms with Crippen LogP contribution in [0.3, 0.4) is 0 Å². The first-order chi connectivity index (χ1) is 5.08. The Hall–Kier alpha value is -0.0500. The van der Waals surface area contributed by atoms with Crippen LogP contribution in [-0.2, 0) is 0 Å². The molecule has 0 amide bonds. The summed E-state index contributed by atoms with van der Waals surface area (Å²) in [7, 11) is 0. The Morgan fingerprint density at radius 3 is 2.18 bits per heavy atom. The van der Waals surface area contributed by atoms with Gasteiger partial charge < -0.3 is 5.09 Å². The van der Waals surface area contributed by atoms with Crippen LogP contribution in [0.4, 0.5) is 5.69 Å². The number of nitrogens with one attached hydrogen (secondary N) is 2. The summed E-state index contributed by atoms with van der Waals surface area (Å²) in [6, 6.07) is 9.50. The number of rotatable bonds is 2. The molecule has 2 nitrogen and oxygen atoms in total. The molecule has 1 aromatic carbocycles. The molecular weight excluding hydrogens is 195 g/mol. The fourth-order valence-corrected chi connectivity index (χ4v) is 1.89. The zero-order chi connectivity index (χ0) is 8.32. The highest BCUT2D eigenvalue weighted by Gasteiger charge is 2.01. The molecule has 0 bridgehead atoms. The standard InChI is InChI=1S/C6H9N2PS2/c7-9(10,11)8-6-4-2-1-3-5-6/h1-5H,(H4,7,8,10,11). The van der Waals surface area contributed by atoms with Gasteiger partial charge in [-0.1, -0.05) is 18.2 Å². The highest BCUT2D eigenvalue weighted by molar-refractivity contribution is 8.81. The molecule has 0 aliphatic carbocycles. The van der Waals surface area contributed by atoms with Gasteiger partial charge in [0.15, 0.2) is 5.61 Å². The minimum Gasteiger partial charge on any atom is -0.337 e. The summed E-state index contributed by atoms with van der Waals surface area (Å²) >= 11 is 7.99. The molecule has 1 rings (SSSR count). The van der Waals surface area contributed by atoms with Gasteiger partial charge in [-0.3, -0.25) is 5.16 Å². The Morgan fingerprint density at radius 2 is 1.73 bits per heavy atom. The van der Waals surface area contributed by atoms with Crippen LogP contribution < -0.4 is 5.09 Å². The molecular formula is C6H9N2PS2. The molecule has 5 heteroatoms. The van der Waals surface area contributed by atoms with E-state index in [9.17, 15) is 0 Å². The third-order valence-electron chi connectivity index (χ3n) is 1.06. The van der Waals surface area contributed by atoms with Crippen LogP contribution in [0, 0.1) is 5.16 Å². The molecule has 0 radical (unpaired) electrons. The van der Waals surface area contributed by atoms with Crippen LogP contribution in [0.1, 0.15) is 0 Å². The van der Waals surface area contributed by atoms with Gasteiger partial charge in [-0.2, -0.15) is 0 Å². The number of thiol groups is 2. The van der Waals surface area contributed by atoms with E-state index in [2.05, 4.69) is 29.6 Å². The van der Waals surface area contributed by atoms with Crippen molar-refractivity contribution in [3.63, 3.8) is 0 Å². The van der Waals surface area contributed by atoms with Gasteiger partial charge >= 0.3 is 0 Å². The maximum Gasteiger partial charge on any atom is 0.152 e. The topological polar surface area (TPSA) is 35.9 Å². The second-order valence-electron chi connectivity index (χ2n) is 2.08. The van der Waals surface area contributed by atoms with E-state index in [-0.39, 0.29) is 0 Å². The van der Waals surface area contributed by atoms with Crippen molar-refractivity contribution >= 4 is 35.8 Å². The number of hydrogen-bond donors (Lipinski definition) is 4. The van der Waals surface area contributed by atoms with Gasteiger partial charge in [0.1, 0.15) is 0 Å². The van der Waals surface area contributed by atoms with Crippen LogP contribution in [-0.4, -0.2) is 0 Å². The molecule has 2 N–H and O–H groups in total. The number of anilines is 1. The van der Waals surface area contributed by atoms with Crippen LogP contribution in [0.2, 0.25) is 0 Å². The van der Waals surface area contributed by atoms with Gasteiger partial charge in [0.05, 0.1) is 0 Å². The summed E-state index contributed by atoms with van der Waals surface area (Å²) in [6.07, 6.45) is 0. The van der Waals surface area contributed by atoms with Crippen LogP contribution in [0.5, 0.6) is 0 Å². The van der Waals surface area contributed by atoms with E-state index in [1.54, 1.807) is 0 Å². The molecule has 60 valence electrons. The Kier molecular flexibility index (Phi) is 2.93. The van der Waals surface area contributed by atoms with Gasteiger partial charge in [-0.05, 0) is 12.1 Å². The molecule has 0 atom stereocenters. The van der Waals surface area contributed by atoms with Crippen molar-refractivity contribution in [2.45, 2.75) is 0 Å². The van der Waals surface area contributed by atoms with Gasteiger partial charge in [0.25, 0.3) is 0 Å². The lowest BCUT2D eigenvalue weighted by Gasteiger charge is -2.11. The molecule has 1 aromatic rings. The van der Waals surface area contributed by atoms with E-state index in [1.807, 2.05) is 30.3 Å². The smallest absolute Gasteiger partial charge is 0.152 e. The quantitative estimate of drug-likeness (QED) is 0.432. The van der Waals surface area contributed by atoms with E-state index < -0.39 is 5.61 Å². The SMILES string of the molecule is N=P(S)(S)Nc1ccccc1. The van der Waals surface area contributed by atoms with Gasteiger partial charge in [0.2, 0.25) is 0 Å². The molecule has 0 heterocycles. The normalized spacial score (nSPS) is 11.1. The summed E-state index contributed by atoms with van der Waals surface area (Å²) in [5.41, 5.74) is -1.36. The zero-order valence-corrected chi connectivity index (χ0v) is 8.41. The summed E-state index contributed by atoms with van der Waals surface area (Å²) < 4.78 is 0. The molecule has 0 unspecified atom stereocenters. The van der Waals surface area contributed by atoms with Crippen molar-refractivity contribution in [2.24, 2.45) is 0 Å². The first-order valence-electron chi connectivity index (χ1n) is 3.01. The molecule has 11 heavy (non-hydrogen) atoms. The maximum absolute atomic E-state index is 7.40.